The SMILES string of the molecule is CCCCn1c(=O)c(N(C(N)=O)c2cc(CBr)ccc2C(C)(C)C)c(-c2cccc(OC)c2)c2cccnc21. The number of nitrogens with two attached hydrogens (primary N) is 1. The maximum atomic E-state index is 14.5. The summed E-state index contributed by atoms with van der Waals surface area (Å²) in [5.74, 6) is 0.632. The van der Waals surface area contributed by atoms with Crippen molar-refractivity contribution in [3.63, 3.8) is 0 Å². The number of aryl methyl sites for hydroxylation is 1. The molecule has 8 heteroatoms. The van der Waals surface area contributed by atoms with Gasteiger partial charge in [-0.2, -0.15) is 0 Å². The number of ether oxygens (including phenoxy) is 1. The largest absolute Gasteiger partial charge is 0.497 e. The lowest BCUT2D eigenvalue weighted by molar-refractivity contribution is 0.256. The first-order chi connectivity index (χ1) is 18.6. The first-order valence-corrected chi connectivity index (χ1v) is 14.2. The molecular formula is C31H35BrN4O3. The van der Waals surface area contributed by atoms with Gasteiger partial charge in [-0.1, -0.05) is 74.3 Å². The Bertz CT molecular complexity index is 1570. The van der Waals surface area contributed by atoms with Crippen molar-refractivity contribution in [1.29, 1.82) is 0 Å². The molecule has 2 amide bonds. The van der Waals surface area contributed by atoms with Gasteiger partial charge >= 0.3 is 6.03 Å². The predicted octanol–water partition coefficient (Wildman–Crippen LogP) is 7.28. The van der Waals surface area contributed by atoms with Crippen LogP contribution < -0.4 is 20.9 Å². The fraction of sp³-hybridized carbons (Fsp3) is 0.323. The van der Waals surface area contributed by atoms with E-state index in [9.17, 15) is 9.59 Å². The Morgan fingerprint density at radius 3 is 2.54 bits per heavy atom. The summed E-state index contributed by atoms with van der Waals surface area (Å²) in [6.45, 7) is 8.76. The number of aromatic nitrogens is 2. The third-order valence-corrected chi connectivity index (χ3v) is 7.45. The number of primary amides is 1. The molecule has 2 aromatic carbocycles. The Labute approximate surface area is 237 Å². The van der Waals surface area contributed by atoms with Crippen LogP contribution in [0.2, 0.25) is 0 Å². The van der Waals surface area contributed by atoms with Crippen LogP contribution in [0.1, 0.15) is 51.7 Å². The summed E-state index contributed by atoms with van der Waals surface area (Å²) >= 11 is 3.54. The average Bonchev–Trinajstić information content (AvgIpc) is 2.92. The number of nitrogens with zero attached hydrogens (tertiary/aromatic N) is 3. The Kier molecular flexibility index (Phi) is 8.45. The van der Waals surface area contributed by atoms with E-state index >= 15 is 0 Å². The topological polar surface area (TPSA) is 90.5 Å². The monoisotopic (exact) mass is 590 g/mol. The molecule has 0 fully saturated rings. The second-order valence-corrected chi connectivity index (χ2v) is 11.1. The van der Waals surface area contributed by atoms with Gasteiger partial charge in [0.1, 0.15) is 17.1 Å². The van der Waals surface area contributed by atoms with Crippen LogP contribution in [0.3, 0.4) is 0 Å². The normalized spacial score (nSPS) is 11.5. The van der Waals surface area contributed by atoms with Crippen molar-refractivity contribution >= 4 is 44.4 Å². The smallest absolute Gasteiger partial charge is 0.324 e. The second-order valence-electron chi connectivity index (χ2n) is 10.5. The fourth-order valence-electron chi connectivity index (χ4n) is 4.90. The highest BCUT2D eigenvalue weighted by molar-refractivity contribution is 9.08. The van der Waals surface area contributed by atoms with Crippen LogP contribution in [-0.2, 0) is 17.3 Å². The van der Waals surface area contributed by atoms with E-state index in [1.165, 1.54) is 4.90 Å². The third-order valence-electron chi connectivity index (χ3n) is 6.80. The molecule has 0 bridgehead atoms. The first kappa shape index (κ1) is 28.4. The van der Waals surface area contributed by atoms with Crippen LogP contribution in [0.5, 0.6) is 5.75 Å². The summed E-state index contributed by atoms with van der Waals surface area (Å²) < 4.78 is 7.18. The molecule has 2 heterocycles. The lowest BCUT2D eigenvalue weighted by Gasteiger charge is -2.31. The van der Waals surface area contributed by atoms with E-state index in [1.54, 1.807) is 17.9 Å². The molecule has 4 aromatic rings. The highest BCUT2D eigenvalue weighted by Crippen LogP contribution is 2.42. The van der Waals surface area contributed by atoms with Gasteiger partial charge in [-0.15, -0.1) is 0 Å². The molecule has 0 saturated heterocycles. The molecule has 2 aromatic heterocycles. The number of benzene rings is 2. The molecule has 0 radical (unpaired) electrons. The van der Waals surface area contributed by atoms with Crippen molar-refractivity contribution in [2.75, 3.05) is 12.0 Å². The summed E-state index contributed by atoms with van der Waals surface area (Å²) in [5.41, 5.74) is 10.0. The number of hydrogen-bond acceptors (Lipinski definition) is 4. The van der Waals surface area contributed by atoms with Crippen LogP contribution in [-0.4, -0.2) is 22.7 Å². The van der Waals surface area contributed by atoms with E-state index in [1.807, 2.05) is 54.6 Å². The van der Waals surface area contributed by atoms with Crippen molar-refractivity contribution in [2.24, 2.45) is 5.73 Å². The van der Waals surface area contributed by atoms with Crippen molar-refractivity contribution in [3.8, 4) is 16.9 Å². The minimum absolute atomic E-state index is 0.199. The van der Waals surface area contributed by atoms with Crippen LogP contribution in [0, 0.1) is 0 Å². The maximum Gasteiger partial charge on any atom is 0.324 e. The number of hydrogen-bond donors (Lipinski definition) is 1. The lowest BCUT2D eigenvalue weighted by atomic mass is 9.84. The third kappa shape index (κ3) is 5.57. The number of fused-ring (bicyclic) bond motifs is 1. The standard InChI is InChI=1S/C31H35BrN4O3/c1-6-7-16-35-28-23(12-9-15-34-28)26(21-10-8-11-22(18-21)39-5)27(29(35)37)36(30(33)38)25-17-20(19-32)13-14-24(25)31(2,3)4/h8-15,17-18H,6-7,16,19H2,1-5H3,(H2,33,38). The van der Waals surface area contributed by atoms with Gasteiger partial charge in [-0.25, -0.2) is 9.78 Å². The molecule has 204 valence electrons. The van der Waals surface area contributed by atoms with Crippen molar-refractivity contribution in [2.45, 2.75) is 57.8 Å². The molecule has 0 unspecified atom stereocenters. The summed E-state index contributed by atoms with van der Waals surface area (Å²) in [4.78, 5) is 34.0. The summed E-state index contributed by atoms with van der Waals surface area (Å²) in [5, 5.41) is 1.33. The summed E-state index contributed by atoms with van der Waals surface area (Å²) in [6, 6.07) is 16.5. The van der Waals surface area contributed by atoms with Gasteiger partial charge in [-0.05, 0) is 58.9 Å². The van der Waals surface area contributed by atoms with E-state index in [0.29, 0.717) is 34.5 Å². The Balaban J connectivity index is 2.22. The number of urea groups is 1. The predicted molar refractivity (Wildman–Crippen MR) is 162 cm³/mol. The number of pyridine rings is 2. The number of alkyl halides is 1. The number of rotatable bonds is 8. The fourth-order valence-corrected chi connectivity index (χ4v) is 5.25. The summed E-state index contributed by atoms with van der Waals surface area (Å²) in [7, 11) is 1.60. The minimum atomic E-state index is -0.737. The Hall–Kier alpha value is -3.65. The average molecular weight is 592 g/mol. The quantitative estimate of drug-likeness (QED) is 0.218. The van der Waals surface area contributed by atoms with E-state index in [2.05, 4.69) is 48.6 Å². The van der Waals surface area contributed by atoms with Gasteiger partial charge in [0.05, 0.1) is 12.8 Å². The van der Waals surface area contributed by atoms with E-state index in [-0.39, 0.29) is 16.7 Å². The van der Waals surface area contributed by atoms with E-state index < -0.39 is 6.03 Å². The zero-order valence-electron chi connectivity index (χ0n) is 23.1. The molecule has 0 aliphatic rings. The maximum absolute atomic E-state index is 14.5. The summed E-state index contributed by atoms with van der Waals surface area (Å²) in [6.07, 6.45) is 3.36. The number of anilines is 2. The zero-order chi connectivity index (χ0) is 28.3. The van der Waals surface area contributed by atoms with Crippen molar-refractivity contribution in [3.05, 3.63) is 82.3 Å². The van der Waals surface area contributed by atoms with E-state index in [0.717, 1.165) is 34.9 Å². The molecule has 0 aliphatic carbocycles. The minimum Gasteiger partial charge on any atom is -0.497 e. The molecule has 2 N–H and O–H groups in total. The zero-order valence-corrected chi connectivity index (χ0v) is 24.7. The van der Waals surface area contributed by atoms with Crippen LogP contribution >= 0.6 is 15.9 Å². The molecule has 0 saturated carbocycles. The van der Waals surface area contributed by atoms with Crippen LogP contribution in [0.25, 0.3) is 22.2 Å². The second kappa shape index (κ2) is 11.6. The van der Waals surface area contributed by atoms with Crippen LogP contribution in [0.15, 0.2) is 65.6 Å². The van der Waals surface area contributed by atoms with Gasteiger partial charge in [-0.3, -0.25) is 14.3 Å². The number of carbonyl (C=O) groups excluding carboxylic acids is 1. The Morgan fingerprint density at radius 2 is 1.90 bits per heavy atom. The van der Waals surface area contributed by atoms with Crippen molar-refractivity contribution < 1.29 is 9.53 Å². The van der Waals surface area contributed by atoms with Gasteiger partial charge in [0.25, 0.3) is 5.56 Å². The van der Waals surface area contributed by atoms with Gasteiger partial charge < -0.3 is 10.5 Å². The number of methoxy groups -OCH3 is 1. The van der Waals surface area contributed by atoms with E-state index in [4.69, 9.17) is 10.5 Å². The Morgan fingerprint density at radius 1 is 1.13 bits per heavy atom. The van der Waals surface area contributed by atoms with Gasteiger partial charge in [0.2, 0.25) is 0 Å². The number of carbonyl (C=O) groups is 1. The number of halogens is 1. The highest BCUT2D eigenvalue weighted by atomic mass is 79.9. The molecule has 39 heavy (non-hydrogen) atoms. The molecule has 4 rings (SSSR count). The van der Waals surface area contributed by atoms with Crippen molar-refractivity contribution in [1.82, 2.24) is 9.55 Å². The van der Waals surface area contributed by atoms with Gasteiger partial charge in [0, 0.05) is 29.0 Å². The molecule has 0 aliphatic heterocycles. The molecule has 7 nitrogen and oxygen atoms in total. The molecule has 0 atom stereocenters. The lowest BCUT2D eigenvalue weighted by Crippen LogP contribution is -2.39. The molecular weight excluding hydrogens is 556 g/mol. The first-order valence-electron chi connectivity index (χ1n) is 13.1. The van der Waals surface area contributed by atoms with Crippen LogP contribution in [0.4, 0.5) is 16.2 Å². The number of amides is 2. The highest BCUT2D eigenvalue weighted by Gasteiger charge is 2.31. The van der Waals surface area contributed by atoms with Gasteiger partial charge in [0.15, 0.2) is 0 Å². The molecule has 0 spiro atoms. The number of unbranched alkanes of at least 4 members (excludes halogenated alkanes) is 1.